The Morgan fingerprint density at radius 3 is 3.05 bits per heavy atom. The first-order valence-corrected chi connectivity index (χ1v) is 7.81. The van der Waals surface area contributed by atoms with Crippen LogP contribution in [-0.4, -0.2) is 25.7 Å². The van der Waals surface area contributed by atoms with Gasteiger partial charge in [-0.05, 0) is 37.0 Å². The average molecular weight is 309 g/mol. The van der Waals surface area contributed by atoms with Crippen molar-refractivity contribution in [3.8, 4) is 0 Å². The number of hydrogen-bond acceptors (Lipinski definition) is 3. The molecule has 4 nitrogen and oxygen atoms in total. The number of carbonyl (C=O) groups is 1. The largest absolute Gasteiger partial charge is 0.380 e. The van der Waals surface area contributed by atoms with Crippen LogP contribution in [0.25, 0.3) is 0 Å². The van der Waals surface area contributed by atoms with Crippen LogP contribution in [0.15, 0.2) is 18.2 Å². The van der Waals surface area contributed by atoms with Crippen LogP contribution in [0.4, 0.5) is 4.39 Å². The van der Waals surface area contributed by atoms with E-state index in [2.05, 4.69) is 5.32 Å². The summed E-state index contributed by atoms with van der Waals surface area (Å²) < 4.78 is 24.2. The second-order valence-electron chi connectivity index (χ2n) is 5.64. The van der Waals surface area contributed by atoms with E-state index < -0.39 is 0 Å². The minimum atomic E-state index is -0.288. The fourth-order valence-electron chi connectivity index (χ4n) is 2.87. The fourth-order valence-corrected chi connectivity index (χ4v) is 2.87. The zero-order valence-electron chi connectivity index (χ0n) is 13.2. The van der Waals surface area contributed by atoms with E-state index in [0.717, 1.165) is 31.4 Å². The molecule has 0 spiro atoms. The van der Waals surface area contributed by atoms with Gasteiger partial charge in [-0.3, -0.25) is 4.79 Å². The van der Waals surface area contributed by atoms with Gasteiger partial charge in [0.1, 0.15) is 5.82 Å². The zero-order chi connectivity index (χ0) is 15.9. The molecular weight excluding hydrogens is 285 g/mol. The average Bonchev–Trinajstić information content (AvgIpc) is 2.55. The highest BCUT2D eigenvalue weighted by Gasteiger charge is 2.30. The molecule has 0 saturated carbocycles. The molecule has 1 aromatic rings. The Morgan fingerprint density at radius 1 is 1.50 bits per heavy atom. The van der Waals surface area contributed by atoms with Crippen molar-refractivity contribution in [2.24, 2.45) is 5.92 Å². The Morgan fingerprint density at radius 2 is 2.32 bits per heavy atom. The lowest BCUT2D eigenvalue weighted by molar-refractivity contribution is -0.134. The molecule has 0 radical (unpaired) electrons. The summed E-state index contributed by atoms with van der Waals surface area (Å²) in [4.78, 5) is 12.3. The van der Waals surface area contributed by atoms with Crippen LogP contribution in [0.2, 0.25) is 0 Å². The molecule has 1 fully saturated rings. The maximum Gasteiger partial charge on any atom is 0.225 e. The SMILES string of the molecule is CC[C@H]1OCCC[C@H]1C(=O)NCc1ccc(F)c(COC)c1. The summed E-state index contributed by atoms with van der Waals surface area (Å²) in [6, 6.07) is 4.83. The quantitative estimate of drug-likeness (QED) is 0.879. The number of halogens is 1. The number of rotatable bonds is 6. The predicted octanol–water partition coefficient (Wildman–Crippen LogP) is 2.79. The Hall–Kier alpha value is -1.46. The Labute approximate surface area is 131 Å². The smallest absolute Gasteiger partial charge is 0.225 e. The number of benzene rings is 1. The van der Waals surface area contributed by atoms with Gasteiger partial charge in [0.15, 0.2) is 0 Å². The molecule has 1 amide bonds. The molecule has 2 atom stereocenters. The zero-order valence-corrected chi connectivity index (χ0v) is 13.2. The Balaban J connectivity index is 1.94. The lowest BCUT2D eigenvalue weighted by Crippen LogP contribution is -2.41. The first kappa shape index (κ1) is 16.9. The topological polar surface area (TPSA) is 47.6 Å². The molecule has 2 rings (SSSR count). The molecule has 0 bridgehead atoms. The Bertz CT molecular complexity index is 507. The van der Waals surface area contributed by atoms with Gasteiger partial charge in [-0.1, -0.05) is 13.0 Å². The number of hydrogen-bond donors (Lipinski definition) is 1. The molecule has 22 heavy (non-hydrogen) atoms. The molecule has 1 N–H and O–H groups in total. The molecular formula is C17H24FNO3. The van der Waals surface area contributed by atoms with Crippen LogP contribution in [-0.2, 0) is 27.4 Å². The fraction of sp³-hybridized carbons (Fsp3) is 0.588. The monoisotopic (exact) mass is 309 g/mol. The van der Waals surface area contributed by atoms with Crippen molar-refractivity contribution < 1.29 is 18.7 Å². The van der Waals surface area contributed by atoms with E-state index in [1.165, 1.54) is 13.2 Å². The van der Waals surface area contributed by atoms with Gasteiger partial charge in [0.25, 0.3) is 0 Å². The first-order valence-electron chi connectivity index (χ1n) is 7.81. The number of amides is 1. The van der Waals surface area contributed by atoms with E-state index in [1.54, 1.807) is 12.1 Å². The molecule has 0 aliphatic carbocycles. The number of carbonyl (C=O) groups excluding carboxylic acids is 1. The first-order chi connectivity index (χ1) is 10.7. The van der Waals surface area contributed by atoms with E-state index in [-0.39, 0.29) is 30.4 Å². The van der Waals surface area contributed by atoms with E-state index in [9.17, 15) is 9.18 Å². The van der Waals surface area contributed by atoms with E-state index >= 15 is 0 Å². The van der Waals surface area contributed by atoms with E-state index in [0.29, 0.717) is 12.1 Å². The van der Waals surface area contributed by atoms with Crippen molar-refractivity contribution >= 4 is 5.91 Å². The van der Waals surface area contributed by atoms with Crippen molar-refractivity contribution in [3.63, 3.8) is 0 Å². The van der Waals surface area contributed by atoms with Gasteiger partial charge < -0.3 is 14.8 Å². The highest BCUT2D eigenvalue weighted by atomic mass is 19.1. The summed E-state index contributed by atoms with van der Waals surface area (Å²) in [6.07, 6.45) is 2.63. The van der Waals surface area contributed by atoms with Crippen LogP contribution in [0.1, 0.15) is 37.3 Å². The number of ether oxygens (including phenoxy) is 2. The standard InChI is InChI=1S/C17H24FNO3/c1-3-16-14(5-4-8-22-16)17(20)19-10-12-6-7-15(18)13(9-12)11-21-2/h6-7,9,14,16H,3-5,8,10-11H2,1-2H3,(H,19,20)/t14-,16-/m1/s1. The third-order valence-electron chi connectivity index (χ3n) is 4.06. The van der Waals surface area contributed by atoms with Gasteiger partial charge in [-0.15, -0.1) is 0 Å². The molecule has 1 aliphatic heterocycles. The van der Waals surface area contributed by atoms with E-state index in [4.69, 9.17) is 9.47 Å². The lowest BCUT2D eigenvalue weighted by Gasteiger charge is -2.30. The molecule has 1 aromatic carbocycles. The van der Waals surface area contributed by atoms with Crippen molar-refractivity contribution in [1.29, 1.82) is 0 Å². The second-order valence-corrected chi connectivity index (χ2v) is 5.64. The molecule has 0 unspecified atom stereocenters. The Kier molecular flexibility index (Phi) is 6.34. The minimum absolute atomic E-state index is 0.00557. The van der Waals surface area contributed by atoms with Crippen molar-refractivity contribution in [1.82, 2.24) is 5.32 Å². The maximum atomic E-state index is 13.6. The third-order valence-corrected chi connectivity index (χ3v) is 4.06. The summed E-state index contributed by atoms with van der Waals surface area (Å²) >= 11 is 0. The van der Waals surface area contributed by atoms with E-state index in [1.807, 2.05) is 6.92 Å². The predicted molar refractivity (Wildman–Crippen MR) is 81.7 cm³/mol. The van der Waals surface area contributed by atoms with Crippen molar-refractivity contribution in [2.75, 3.05) is 13.7 Å². The van der Waals surface area contributed by atoms with Crippen molar-refractivity contribution in [2.45, 2.75) is 45.4 Å². The summed E-state index contributed by atoms with van der Waals surface area (Å²) in [6.45, 7) is 3.39. The molecule has 1 aliphatic rings. The number of methoxy groups -OCH3 is 1. The molecule has 122 valence electrons. The van der Waals surface area contributed by atoms with Gasteiger partial charge in [0, 0.05) is 25.8 Å². The van der Waals surface area contributed by atoms with Crippen LogP contribution in [0.5, 0.6) is 0 Å². The molecule has 0 aromatic heterocycles. The van der Waals surface area contributed by atoms with Crippen LogP contribution >= 0.6 is 0 Å². The van der Waals surface area contributed by atoms with Gasteiger partial charge in [-0.25, -0.2) is 4.39 Å². The maximum absolute atomic E-state index is 13.6. The summed E-state index contributed by atoms with van der Waals surface area (Å²) in [7, 11) is 1.53. The van der Waals surface area contributed by atoms with Gasteiger partial charge >= 0.3 is 0 Å². The third kappa shape index (κ3) is 4.27. The summed E-state index contributed by atoms with van der Waals surface area (Å²) in [5, 5.41) is 2.94. The molecule has 1 heterocycles. The summed E-state index contributed by atoms with van der Waals surface area (Å²) in [5.74, 6) is -0.356. The van der Waals surface area contributed by atoms with Gasteiger partial charge in [0.2, 0.25) is 5.91 Å². The van der Waals surface area contributed by atoms with Crippen LogP contribution in [0.3, 0.4) is 0 Å². The normalized spacial score (nSPS) is 21.6. The molecule has 5 heteroatoms. The van der Waals surface area contributed by atoms with Gasteiger partial charge in [-0.2, -0.15) is 0 Å². The lowest BCUT2D eigenvalue weighted by atomic mass is 9.92. The highest BCUT2D eigenvalue weighted by molar-refractivity contribution is 5.79. The highest BCUT2D eigenvalue weighted by Crippen LogP contribution is 2.23. The van der Waals surface area contributed by atoms with Gasteiger partial charge in [0.05, 0.1) is 18.6 Å². The second kappa shape index (κ2) is 8.25. The van der Waals surface area contributed by atoms with Crippen LogP contribution < -0.4 is 5.32 Å². The van der Waals surface area contributed by atoms with Crippen molar-refractivity contribution in [3.05, 3.63) is 35.1 Å². The minimum Gasteiger partial charge on any atom is -0.380 e. The van der Waals surface area contributed by atoms with Crippen LogP contribution in [0, 0.1) is 11.7 Å². The summed E-state index contributed by atoms with van der Waals surface area (Å²) in [5.41, 5.74) is 1.37. The number of nitrogens with one attached hydrogen (secondary N) is 1. The molecule has 1 saturated heterocycles.